The minimum Gasteiger partial charge on any atom is -0.384 e. The monoisotopic (exact) mass is 311 g/mol. The Labute approximate surface area is 133 Å². The molecule has 4 rings (SSSR count). The second kappa shape index (κ2) is 5.14. The summed E-state index contributed by atoms with van der Waals surface area (Å²) in [7, 11) is 0. The molecular weight excluding hydrogens is 298 g/mol. The molecule has 1 amide bonds. The predicted molar refractivity (Wildman–Crippen MR) is 88.5 cm³/mol. The van der Waals surface area contributed by atoms with Crippen LogP contribution in [-0.4, -0.2) is 18.2 Å². The summed E-state index contributed by atoms with van der Waals surface area (Å²) in [5.74, 6) is 0.120. The fraction of sp³-hybridized carbons (Fsp3) is 0.176. The van der Waals surface area contributed by atoms with E-state index in [9.17, 15) is 4.79 Å². The molecule has 2 aromatic carbocycles. The number of halogens is 1. The van der Waals surface area contributed by atoms with E-state index in [1.54, 1.807) is 12.1 Å². The summed E-state index contributed by atoms with van der Waals surface area (Å²) in [6, 6.07) is 15.3. The van der Waals surface area contributed by atoms with E-state index in [1.807, 2.05) is 36.4 Å². The Hall–Kier alpha value is -2.33. The van der Waals surface area contributed by atoms with Crippen molar-refractivity contribution in [3.63, 3.8) is 0 Å². The Morgan fingerprint density at radius 1 is 1.18 bits per heavy atom. The van der Waals surface area contributed by atoms with E-state index < -0.39 is 0 Å². The number of nitrogens with zero attached hydrogens (tertiary/aromatic N) is 2. The molecule has 2 aliphatic rings. The first kappa shape index (κ1) is 13.3. The highest BCUT2D eigenvalue weighted by atomic mass is 35.5. The Morgan fingerprint density at radius 3 is 2.91 bits per heavy atom. The number of rotatable bonds is 1. The van der Waals surface area contributed by atoms with E-state index in [0.29, 0.717) is 17.1 Å². The number of fused-ring (bicyclic) bond motifs is 3. The number of hydrogen-bond acceptors (Lipinski definition) is 3. The average Bonchev–Trinajstić information content (AvgIpc) is 2.54. The third kappa shape index (κ3) is 2.16. The Bertz CT molecular complexity index is 787. The minimum absolute atomic E-state index is 0.00259. The molecule has 0 aromatic heterocycles. The summed E-state index contributed by atoms with van der Waals surface area (Å²) >= 11 is 6.03. The lowest BCUT2D eigenvalue weighted by Crippen LogP contribution is -2.42. The van der Waals surface area contributed by atoms with E-state index in [0.717, 1.165) is 23.5 Å². The van der Waals surface area contributed by atoms with Gasteiger partial charge in [0.05, 0.1) is 11.4 Å². The van der Waals surface area contributed by atoms with Gasteiger partial charge >= 0.3 is 0 Å². The van der Waals surface area contributed by atoms with Gasteiger partial charge in [-0.15, -0.1) is 0 Å². The SMILES string of the molecule is O=C1CC2CNc3ccccc3C2=NN1c1cccc(Cl)c1. The van der Waals surface area contributed by atoms with Crippen molar-refractivity contribution < 1.29 is 4.79 Å². The van der Waals surface area contributed by atoms with Gasteiger partial charge < -0.3 is 5.32 Å². The van der Waals surface area contributed by atoms with Gasteiger partial charge in [0.15, 0.2) is 0 Å². The fourth-order valence-electron chi connectivity index (χ4n) is 2.99. The third-order valence-electron chi connectivity index (χ3n) is 4.05. The van der Waals surface area contributed by atoms with Crippen LogP contribution in [0.5, 0.6) is 0 Å². The molecule has 2 aliphatic heterocycles. The van der Waals surface area contributed by atoms with E-state index in [-0.39, 0.29) is 11.8 Å². The van der Waals surface area contributed by atoms with Crippen LogP contribution >= 0.6 is 11.6 Å². The molecule has 1 N–H and O–H groups in total. The van der Waals surface area contributed by atoms with Crippen molar-refractivity contribution >= 4 is 34.6 Å². The second-order valence-electron chi connectivity index (χ2n) is 5.50. The largest absolute Gasteiger partial charge is 0.384 e. The summed E-state index contributed by atoms with van der Waals surface area (Å²) in [5, 5.41) is 10.1. The van der Waals surface area contributed by atoms with E-state index in [2.05, 4.69) is 10.4 Å². The molecule has 1 unspecified atom stereocenters. The molecule has 0 radical (unpaired) electrons. The van der Waals surface area contributed by atoms with Gasteiger partial charge in [-0.3, -0.25) is 4.79 Å². The van der Waals surface area contributed by atoms with Crippen molar-refractivity contribution in [1.29, 1.82) is 0 Å². The molecule has 22 heavy (non-hydrogen) atoms. The highest BCUT2D eigenvalue weighted by Gasteiger charge is 2.34. The summed E-state index contributed by atoms with van der Waals surface area (Å²) in [6.45, 7) is 0.741. The zero-order valence-electron chi connectivity index (χ0n) is 11.8. The van der Waals surface area contributed by atoms with Crippen molar-refractivity contribution in [2.24, 2.45) is 11.0 Å². The molecule has 5 heteroatoms. The number of para-hydroxylation sites is 1. The quantitative estimate of drug-likeness (QED) is 0.875. The van der Waals surface area contributed by atoms with Gasteiger partial charge in [0.1, 0.15) is 0 Å². The van der Waals surface area contributed by atoms with Crippen LogP contribution in [0.3, 0.4) is 0 Å². The lowest BCUT2D eigenvalue weighted by molar-refractivity contribution is -0.119. The maximum absolute atomic E-state index is 12.4. The fourth-order valence-corrected chi connectivity index (χ4v) is 3.17. The molecule has 110 valence electrons. The standard InChI is InChI=1S/C17H14ClN3O/c18-12-4-3-5-13(9-12)21-16(22)8-11-10-19-15-7-2-1-6-14(15)17(11)20-21/h1-7,9,11,19H,8,10H2. The van der Waals surface area contributed by atoms with Crippen LogP contribution < -0.4 is 10.3 Å². The van der Waals surface area contributed by atoms with Crippen molar-refractivity contribution in [2.75, 3.05) is 16.9 Å². The minimum atomic E-state index is -0.00259. The average molecular weight is 312 g/mol. The molecule has 0 fully saturated rings. The topological polar surface area (TPSA) is 44.7 Å². The molecule has 2 aromatic rings. The number of anilines is 2. The predicted octanol–water partition coefficient (Wildman–Crippen LogP) is 3.52. The number of benzene rings is 2. The van der Waals surface area contributed by atoms with Crippen LogP contribution in [0, 0.1) is 5.92 Å². The molecule has 0 aliphatic carbocycles. The van der Waals surface area contributed by atoms with Crippen molar-refractivity contribution in [1.82, 2.24) is 0 Å². The van der Waals surface area contributed by atoms with Crippen LogP contribution in [0.4, 0.5) is 11.4 Å². The normalized spacial score (nSPS) is 19.9. The maximum Gasteiger partial charge on any atom is 0.248 e. The third-order valence-corrected chi connectivity index (χ3v) is 4.28. The van der Waals surface area contributed by atoms with E-state index in [4.69, 9.17) is 11.6 Å². The van der Waals surface area contributed by atoms with Crippen LogP contribution in [0.25, 0.3) is 0 Å². The Morgan fingerprint density at radius 2 is 2.05 bits per heavy atom. The zero-order chi connectivity index (χ0) is 15.1. The van der Waals surface area contributed by atoms with Gasteiger partial charge in [0, 0.05) is 35.2 Å². The number of amides is 1. The summed E-state index contributed by atoms with van der Waals surface area (Å²) < 4.78 is 0. The summed E-state index contributed by atoms with van der Waals surface area (Å²) in [6.07, 6.45) is 0.451. The molecule has 0 spiro atoms. The van der Waals surface area contributed by atoms with Crippen molar-refractivity contribution in [2.45, 2.75) is 6.42 Å². The molecule has 0 saturated carbocycles. The molecule has 4 nitrogen and oxygen atoms in total. The number of carbonyl (C=O) groups is 1. The first-order valence-electron chi connectivity index (χ1n) is 7.22. The maximum atomic E-state index is 12.4. The second-order valence-corrected chi connectivity index (χ2v) is 5.93. The van der Waals surface area contributed by atoms with Gasteiger partial charge in [-0.2, -0.15) is 5.10 Å². The number of hydrazone groups is 1. The van der Waals surface area contributed by atoms with Gasteiger partial charge in [-0.25, -0.2) is 5.01 Å². The van der Waals surface area contributed by atoms with Crippen LogP contribution in [0.15, 0.2) is 53.6 Å². The highest BCUT2D eigenvalue weighted by Crippen LogP contribution is 2.32. The van der Waals surface area contributed by atoms with E-state index >= 15 is 0 Å². The van der Waals surface area contributed by atoms with Crippen LogP contribution in [0.2, 0.25) is 5.02 Å². The molecular formula is C17H14ClN3O. The van der Waals surface area contributed by atoms with Crippen LogP contribution in [0.1, 0.15) is 12.0 Å². The molecule has 1 atom stereocenters. The highest BCUT2D eigenvalue weighted by molar-refractivity contribution is 6.31. The van der Waals surface area contributed by atoms with Gasteiger partial charge in [-0.1, -0.05) is 35.9 Å². The Kier molecular flexibility index (Phi) is 3.12. The van der Waals surface area contributed by atoms with E-state index in [1.165, 1.54) is 5.01 Å². The van der Waals surface area contributed by atoms with Gasteiger partial charge in [-0.05, 0) is 24.3 Å². The first-order valence-corrected chi connectivity index (χ1v) is 7.60. The Balaban J connectivity index is 1.82. The zero-order valence-corrected chi connectivity index (χ0v) is 12.5. The first-order chi connectivity index (χ1) is 10.7. The lowest BCUT2D eigenvalue weighted by Gasteiger charge is -2.34. The van der Waals surface area contributed by atoms with Gasteiger partial charge in [0.25, 0.3) is 0 Å². The molecule has 0 bridgehead atoms. The number of nitrogens with one attached hydrogen (secondary N) is 1. The molecule has 0 saturated heterocycles. The number of carbonyl (C=O) groups excluding carboxylic acids is 1. The number of hydrogen-bond donors (Lipinski definition) is 1. The summed E-state index contributed by atoms with van der Waals surface area (Å²) in [4.78, 5) is 12.4. The van der Waals surface area contributed by atoms with Crippen LogP contribution in [-0.2, 0) is 4.79 Å². The van der Waals surface area contributed by atoms with Gasteiger partial charge in [0.2, 0.25) is 5.91 Å². The van der Waals surface area contributed by atoms with Crippen molar-refractivity contribution in [3.8, 4) is 0 Å². The summed E-state index contributed by atoms with van der Waals surface area (Å²) in [5.41, 5.74) is 3.81. The molecule has 2 heterocycles. The van der Waals surface area contributed by atoms with Crippen molar-refractivity contribution in [3.05, 3.63) is 59.1 Å². The smallest absolute Gasteiger partial charge is 0.248 e. The lowest BCUT2D eigenvalue weighted by atomic mass is 9.88.